The van der Waals surface area contributed by atoms with Crippen LogP contribution in [0.25, 0.3) is 0 Å². The Morgan fingerprint density at radius 2 is 1.29 bits per heavy atom. The molecule has 1 atom stereocenters. The van der Waals surface area contributed by atoms with Gasteiger partial charge in [0.2, 0.25) is 8.32 Å². The van der Waals surface area contributed by atoms with E-state index in [-0.39, 0.29) is 16.4 Å². The Hall–Kier alpha value is -3.18. The van der Waals surface area contributed by atoms with E-state index in [4.69, 9.17) is 14.2 Å². The highest BCUT2D eigenvalue weighted by Gasteiger charge is 2.39. The number of aliphatic imine (C=N–C) groups is 1. The number of carbonyl (C=O) groups is 1. The normalized spacial score (nSPS) is 13.3. The molecule has 220 valence electrons. The molecule has 5 heteroatoms. The van der Waals surface area contributed by atoms with Crippen molar-refractivity contribution in [1.29, 1.82) is 0 Å². The predicted molar refractivity (Wildman–Crippen MR) is 175 cm³/mol. The van der Waals surface area contributed by atoms with Crippen LogP contribution >= 0.6 is 0 Å². The number of rotatable bonds is 8. The molecule has 3 aromatic rings. The van der Waals surface area contributed by atoms with Gasteiger partial charge in [0.25, 0.3) is 0 Å². The van der Waals surface area contributed by atoms with Crippen molar-refractivity contribution < 1.29 is 14.0 Å². The molecule has 0 aliphatic heterocycles. The summed E-state index contributed by atoms with van der Waals surface area (Å²) in [5, 5.41) is 0.0689. The van der Waals surface area contributed by atoms with E-state index in [1.807, 2.05) is 81.4 Å². The lowest BCUT2D eigenvalue weighted by Gasteiger charge is -2.37. The van der Waals surface area contributed by atoms with E-state index >= 15 is 0 Å². The summed E-state index contributed by atoms with van der Waals surface area (Å²) < 4.78 is 12.7. The van der Waals surface area contributed by atoms with E-state index in [9.17, 15) is 4.79 Å². The van der Waals surface area contributed by atoms with E-state index < -0.39 is 20.0 Å². The fraction of sp³-hybridized carbons (Fsp3) is 0.444. The summed E-state index contributed by atoms with van der Waals surface area (Å²) >= 11 is 0. The highest BCUT2D eigenvalue weighted by Crippen LogP contribution is 2.39. The number of esters is 1. The summed E-state index contributed by atoms with van der Waals surface area (Å²) in [5.41, 5.74) is 4.14. The van der Waals surface area contributed by atoms with Crippen LogP contribution in [0.4, 0.5) is 0 Å². The number of carbonyl (C=O) groups excluding carboxylic acids is 1. The van der Waals surface area contributed by atoms with Gasteiger partial charge in [0.05, 0.1) is 5.71 Å². The molecule has 4 nitrogen and oxygen atoms in total. The van der Waals surface area contributed by atoms with Crippen molar-refractivity contribution in [2.75, 3.05) is 0 Å². The quantitative estimate of drug-likeness (QED) is 0.154. The lowest BCUT2D eigenvalue weighted by molar-refractivity contribution is -0.156. The number of hydrogen-bond donors (Lipinski definition) is 0. The van der Waals surface area contributed by atoms with E-state index in [1.165, 1.54) is 5.56 Å². The lowest BCUT2D eigenvalue weighted by Crippen LogP contribution is -2.43. The zero-order valence-corrected chi connectivity index (χ0v) is 28.0. The summed E-state index contributed by atoms with van der Waals surface area (Å²) in [7, 11) is -2.06. The Labute approximate surface area is 249 Å². The first-order chi connectivity index (χ1) is 18.9. The molecule has 0 saturated heterocycles. The SMILES string of the molecule is CC(C)(C)OC(=O)C(Cc1cc(O[Si](C)(C)C(C)(C)C)ccc1C(C)(C)C)N=C(c1ccccc1)c1ccccc1. The van der Waals surface area contributed by atoms with Crippen molar-refractivity contribution in [3.8, 4) is 5.75 Å². The Morgan fingerprint density at radius 3 is 1.73 bits per heavy atom. The van der Waals surface area contributed by atoms with Crippen molar-refractivity contribution >= 4 is 20.0 Å². The molecule has 0 N–H and O–H groups in total. The van der Waals surface area contributed by atoms with E-state index in [1.54, 1.807) is 0 Å². The van der Waals surface area contributed by atoms with E-state index in [2.05, 4.69) is 72.8 Å². The van der Waals surface area contributed by atoms with Crippen molar-refractivity contribution in [2.24, 2.45) is 4.99 Å². The zero-order chi connectivity index (χ0) is 30.6. The van der Waals surface area contributed by atoms with Gasteiger partial charge in [-0.3, -0.25) is 4.99 Å². The zero-order valence-electron chi connectivity index (χ0n) is 27.0. The molecule has 41 heavy (non-hydrogen) atoms. The number of hydrogen-bond acceptors (Lipinski definition) is 4. The van der Waals surface area contributed by atoms with Gasteiger partial charge >= 0.3 is 5.97 Å². The summed E-state index contributed by atoms with van der Waals surface area (Å²) in [4.78, 5) is 19.0. The van der Waals surface area contributed by atoms with Crippen LogP contribution in [0.2, 0.25) is 18.1 Å². The maximum atomic E-state index is 13.8. The molecule has 0 aliphatic rings. The second-order valence-corrected chi connectivity index (χ2v) is 19.1. The molecule has 0 aromatic heterocycles. The molecule has 0 amide bonds. The maximum Gasteiger partial charge on any atom is 0.331 e. The Balaban J connectivity index is 2.18. The molecule has 0 aliphatic carbocycles. The maximum absolute atomic E-state index is 13.8. The van der Waals surface area contributed by atoms with Gasteiger partial charge in [0, 0.05) is 17.5 Å². The molecule has 3 aromatic carbocycles. The van der Waals surface area contributed by atoms with Crippen molar-refractivity contribution in [3.05, 3.63) is 101 Å². The van der Waals surface area contributed by atoms with Crippen LogP contribution < -0.4 is 4.43 Å². The Morgan fingerprint density at radius 1 is 0.780 bits per heavy atom. The molecule has 0 heterocycles. The standard InChI is InChI=1S/C36H49NO3Si/c1-34(2,3)30-23-22-29(40-41(10,11)36(7,8)9)24-28(30)25-31(33(38)39-35(4,5)6)37-32(26-18-14-12-15-19-26)27-20-16-13-17-21-27/h12-24,31H,25H2,1-11H3. The van der Waals surface area contributed by atoms with Gasteiger partial charge < -0.3 is 9.16 Å². The number of ether oxygens (including phenoxy) is 1. The first kappa shape index (κ1) is 32.3. The minimum Gasteiger partial charge on any atom is -0.543 e. The first-order valence-electron chi connectivity index (χ1n) is 14.6. The van der Waals surface area contributed by atoms with Gasteiger partial charge in [-0.1, -0.05) is 108 Å². The fourth-order valence-electron chi connectivity index (χ4n) is 4.41. The smallest absolute Gasteiger partial charge is 0.331 e. The third-order valence-corrected chi connectivity index (χ3v) is 11.9. The van der Waals surface area contributed by atoms with E-state index in [0.717, 1.165) is 28.2 Å². The third-order valence-electron chi connectivity index (χ3n) is 7.54. The van der Waals surface area contributed by atoms with Crippen LogP contribution in [0.1, 0.15) is 84.6 Å². The topological polar surface area (TPSA) is 47.9 Å². The molecular weight excluding hydrogens is 522 g/mol. The molecule has 1 unspecified atom stereocenters. The fourth-order valence-corrected chi connectivity index (χ4v) is 5.43. The van der Waals surface area contributed by atoms with Gasteiger partial charge in [-0.2, -0.15) is 0 Å². The summed E-state index contributed by atoms with van der Waals surface area (Å²) in [6.45, 7) is 23.5. The largest absolute Gasteiger partial charge is 0.543 e. The van der Waals surface area contributed by atoms with Crippen LogP contribution in [0.3, 0.4) is 0 Å². The Bertz CT molecular complexity index is 1300. The van der Waals surface area contributed by atoms with Gasteiger partial charge in [0.1, 0.15) is 11.4 Å². The molecule has 3 rings (SSSR count). The van der Waals surface area contributed by atoms with Crippen LogP contribution in [0.15, 0.2) is 83.9 Å². The molecule has 0 saturated carbocycles. The van der Waals surface area contributed by atoms with Crippen molar-refractivity contribution in [1.82, 2.24) is 0 Å². The van der Waals surface area contributed by atoms with Gasteiger partial charge in [-0.05, 0) is 67.6 Å². The molecule has 0 radical (unpaired) electrons. The average Bonchev–Trinajstić information content (AvgIpc) is 2.85. The van der Waals surface area contributed by atoms with E-state index in [0.29, 0.717) is 6.42 Å². The summed E-state index contributed by atoms with van der Waals surface area (Å²) in [6.07, 6.45) is 0.402. The average molecular weight is 572 g/mol. The Kier molecular flexibility index (Phi) is 9.75. The highest BCUT2D eigenvalue weighted by atomic mass is 28.4. The van der Waals surface area contributed by atoms with Crippen LogP contribution in [0, 0.1) is 0 Å². The minimum atomic E-state index is -2.06. The lowest BCUT2D eigenvalue weighted by atomic mass is 9.82. The summed E-state index contributed by atoms with van der Waals surface area (Å²) in [5.74, 6) is 0.510. The second-order valence-electron chi connectivity index (χ2n) is 14.4. The van der Waals surface area contributed by atoms with Gasteiger partial charge in [0.15, 0.2) is 6.04 Å². The number of nitrogens with zero attached hydrogens (tertiary/aromatic N) is 1. The van der Waals surface area contributed by atoms with Crippen molar-refractivity contribution in [2.45, 2.75) is 104 Å². The molecular formula is C36H49NO3Si. The molecule has 0 fully saturated rings. The first-order valence-corrected chi connectivity index (χ1v) is 17.5. The predicted octanol–water partition coefficient (Wildman–Crippen LogP) is 9.16. The molecule has 0 spiro atoms. The van der Waals surface area contributed by atoms with Crippen LogP contribution in [0.5, 0.6) is 5.75 Å². The van der Waals surface area contributed by atoms with Gasteiger partial charge in [-0.15, -0.1) is 0 Å². The second kappa shape index (κ2) is 12.4. The van der Waals surface area contributed by atoms with Crippen molar-refractivity contribution in [3.63, 3.8) is 0 Å². The summed E-state index contributed by atoms with van der Waals surface area (Å²) in [6, 6.07) is 25.7. The van der Waals surface area contributed by atoms with Gasteiger partial charge in [-0.25, -0.2) is 4.79 Å². The number of benzene rings is 3. The highest BCUT2D eigenvalue weighted by molar-refractivity contribution is 6.74. The monoisotopic (exact) mass is 571 g/mol. The minimum absolute atomic E-state index is 0.0689. The molecule has 0 bridgehead atoms. The van der Waals surface area contributed by atoms with Crippen LogP contribution in [-0.4, -0.2) is 31.6 Å². The third kappa shape index (κ3) is 8.90. The van der Waals surface area contributed by atoms with Crippen LogP contribution in [-0.2, 0) is 21.4 Å².